The highest BCUT2D eigenvalue weighted by atomic mass is 35.5. The third-order valence-corrected chi connectivity index (χ3v) is 4.31. The van der Waals surface area contributed by atoms with E-state index < -0.39 is 0 Å². The second-order valence-electron chi connectivity index (χ2n) is 5.29. The monoisotopic (exact) mass is 282 g/mol. The lowest BCUT2D eigenvalue weighted by Gasteiger charge is -2.40. The number of halogens is 1. The summed E-state index contributed by atoms with van der Waals surface area (Å²) in [5.41, 5.74) is 8.67. The van der Waals surface area contributed by atoms with Crippen molar-refractivity contribution in [3.8, 4) is 0 Å². The zero-order chi connectivity index (χ0) is 13.8. The summed E-state index contributed by atoms with van der Waals surface area (Å²) in [6.45, 7) is 4.76. The smallest absolute Gasteiger partial charge is 0.0589 e. The number of piperidine rings is 1. The van der Waals surface area contributed by atoms with Crippen LogP contribution in [0, 0.1) is 6.92 Å². The predicted molar refractivity (Wildman–Crippen MR) is 79.6 cm³/mol. The van der Waals surface area contributed by atoms with Gasteiger partial charge in [0.15, 0.2) is 0 Å². The van der Waals surface area contributed by atoms with Crippen molar-refractivity contribution in [2.75, 3.05) is 26.8 Å². The van der Waals surface area contributed by atoms with Gasteiger partial charge >= 0.3 is 0 Å². The van der Waals surface area contributed by atoms with Crippen molar-refractivity contribution < 1.29 is 4.74 Å². The van der Waals surface area contributed by atoms with Gasteiger partial charge in [-0.15, -0.1) is 0 Å². The molecule has 1 heterocycles. The molecule has 3 nitrogen and oxygen atoms in total. The standard InChI is InChI=1S/C15H23ClN2O/c1-11-5-6-12(10-13(11)16)15-14(17)4-3-7-18(15)8-9-19-2/h5-6,10,14-15H,3-4,7-9,17H2,1-2H3. The van der Waals surface area contributed by atoms with Gasteiger partial charge in [0.05, 0.1) is 12.6 Å². The maximum Gasteiger partial charge on any atom is 0.0589 e. The van der Waals surface area contributed by atoms with E-state index in [0.29, 0.717) is 0 Å². The summed E-state index contributed by atoms with van der Waals surface area (Å²) in [7, 11) is 1.74. The molecule has 2 rings (SSSR count). The Hall–Kier alpha value is -0.610. The summed E-state index contributed by atoms with van der Waals surface area (Å²) < 4.78 is 5.20. The van der Waals surface area contributed by atoms with Crippen LogP contribution in [0.4, 0.5) is 0 Å². The Bertz CT molecular complexity index is 425. The molecule has 0 saturated carbocycles. The quantitative estimate of drug-likeness (QED) is 0.923. The van der Waals surface area contributed by atoms with Gasteiger partial charge in [0, 0.05) is 24.7 Å². The van der Waals surface area contributed by atoms with Crippen LogP contribution in [-0.2, 0) is 4.74 Å². The third-order valence-electron chi connectivity index (χ3n) is 3.90. The highest BCUT2D eigenvalue weighted by molar-refractivity contribution is 6.31. The Balaban J connectivity index is 2.22. The SMILES string of the molecule is COCCN1CCCC(N)C1c1ccc(C)c(Cl)c1. The molecule has 0 aliphatic carbocycles. The van der Waals surface area contributed by atoms with Gasteiger partial charge in [-0.25, -0.2) is 0 Å². The van der Waals surface area contributed by atoms with Crippen molar-refractivity contribution in [2.24, 2.45) is 5.73 Å². The number of nitrogens with zero attached hydrogens (tertiary/aromatic N) is 1. The maximum absolute atomic E-state index is 6.34. The number of ether oxygens (including phenoxy) is 1. The Labute approximate surface area is 120 Å². The number of aryl methyl sites for hydroxylation is 1. The van der Waals surface area contributed by atoms with Crippen molar-refractivity contribution in [3.63, 3.8) is 0 Å². The van der Waals surface area contributed by atoms with Crippen LogP contribution in [0.25, 0.3) is 0 Å². The molecule has 0 radical (unpaired) electrons. The molecule has 1 aliphatic heterocycles. The highest BCUT2D eigenvalue weighted by Crippen LogP contribution is 2.32. The van der Waals surface area contributed by atoms with Gasteiger partial charge in [0.1, 0.15) is 0 Å². The molecule has 0 aromatic heterocycles. The summed E-state index contributed by atoms with van der Waals surface area (Å²) >= 11 is 6.25. The first-order valence-electron chi connectivity index (χ1n) is 6.88. The molecule has 1 aromatic rings. The molecule has 0 amide bonds. The lowest BCUT2D eigenvalue weighted by Crippen LogP contribution is -2.46. The van der Waals surface area contributed by atoms with Crippen molar-refractivity contribution >= 4 is 11.6 Å². The average molecular weight is 283 g/mol. The summed E-state index contributed by atoms with van der Waals surface area (Å²) in [4.78, 5) is 2.42. The molecule has 1 fully saturated rings. The van der Waals surface area contributed by atoms with Crippen LogP contribution in [0.1, 0.15) is 30.0 Å². The van der Waals surface area contributed by atoms with Gasteiger partial charge in [0.25, 0.3) is 0 Å². The fourth-order valence-electron chi connectivity index (χ4n) is 2.81. The molecule has 1 aliphatic rings. The van der Waals surface area contributed by atoms with Crippen LogP contribution in [-0.4, -0.2) is 37.7 Å². The van der Waals surface area contributed by atoms with Crippen LogP contribution in [0.2, 0.25) is 5.02 Å². The lowest BCUT2D eigenvalue weighted by atomic mass is 9.90. The number of hydrogen-bond donors (Lipinski definition) is 1. The van der Waals surface area contributed by atoms with Gasteiger partial charge in [-0.2, -0.15) is 0 Å². The first kappa shape index (κ1) is 14.8. The first-order valence-corrected chi connectivity index (χ1v) is 7.26. The van der Waals surface area contributed by atoms with E-state index in [9.17, 15) is 0 Å². The van der Waals surface area contributed by atoms with Gasteiger partial charge in [-0.05, 0) is 43.5 Å². The van der Waals surface area contributed by atoms with Crippen LogP contribution >= 0.6 is 11.6 Å². The van der Waals surface area contributed by atoms with E-state index in [1.165, 1.54) is 5.56 Å². The zero-order valence-corrected chi connectivity index (χ0v) is 12.5. The topological polar surface area (TPSA) is 38.5 Å². The van der Waals surface area contributed by atoms with E-state index in [1.807, 2.05) is 6.92 Å². The summed E-state index contributed by atoms with van der Waals surface area (Å²) in [5, 5.41) is 0.821. The van der Waals surface area contributed by atoms with Crippen molar-refractivity contribution in [2.45, 2.75) is 31.8 Å². The number of likely N-dealkylation sites (tertiary alicyclic amines) is 1. The minimum Gasteiger partial charge on any atom is -0.383 e. The molecule has 1 saturated heterocycles. The molecular formula is C15H23ClN2O. The number of methoxy groups -OCH3 is 1. The largest absolute Gasteiger partial charge is 0.383 e. The van der Waals surface area contributed by atoms with Crippen molar-refractivity contribution in [1.29, 1.82) is 0 Å². The van der Waals surface area contributed by atoms with E-state index in [1.54, 1.807) is 7.11 Å². The molecule has 2 N–H and O–H groups in total. The fourth-order valence-corrected chi connectivity index (χ4v) is 3.00. The Morgan fingerprint density at radius 1 is 1.47 bits per heavy atom. The summed E-state index contributed by atoms with van der Waals surface area (Å²) in [6.07, 6.45) is 2.22. The molecule has 0 bridgehead atoms. The number of rotatable bonds is 4. The van der Waals surface area contributed by atoms with E-state index in [4.69, 9.17) is 22.1 Å². The molecule has 1 aromatic carbocycles. The van der Waals surface area contributed by atoms with Gasteiger partial charge in [0.2, 0.25) is 0 Å². The van der Waals surface area contributed by atoms with Crippen LogP contribution in [0.15, 0.2) is 18.2 Å². The molecule has 2 unspecified atom stereocenters. The highest BCUT2D eigenvalue weighted by Gasteiger charge is 2.30. The van der Waals surface area contributed by atoms with Crippen LogP contribution < -0.4 is 5.73 Å². The van der Waals surface area contributed by atoms with Gasteiger partial charge in [-0.1, -0.05) is 23.7 Å². The van der Waals surface area contributed by atoms with Gasteiger partial charge < -0.3 is 10.5 Å². The number of benzene rings is 1. The van der Waals surface area contributed by atoms with E-state index >= 15 is 0 Å². The zero-order valence-electron chi connectivity index (χ0n) is 11.7. The molecule has 0 spiro atoms. The maximum atomic E-state index is 6.34. The van der Waals surface area contributed by atoms with Crippen LogP contribution in [0.5, 0.6) is 0 Å². The Morgan fingerprint density at radius 3 is 2.95 bits per heavy atom. The number of hydrogen-bond acceptors (Lipinski definition) is 3. The van der Waals surface area contributed by atoms with E-state index in [0.717, 1.165) is 43.1 Å². The lowest BCUT2D eigenvalue weighted by molar-refractivity contribution is 0.0848. The second-order valence-corrected chi connectivity index (χ2v) is 5.70. The molecule has 106 valence electrons. The second kappa shape index (κ2) is 6.71. The minimum atomic E-state index is 0.171. The molecular weight excluding hydrogens is 260 g/mol. The summed E-state index contributed by atoms with van der Waals surface area (Å²) in [6, 6.07) is 6.71. The Morgan fingerprint density at radius 2 is 2.26 bits per heavy atom. The van der Waals surface area contributed by atoms with E-state index in [-0.39, 0.29) is 12.1 Å². The molecule has 19 heavy (non-hydrogen) atoms. The first-order chi connectivity index (χ1) is 9.13. The number of nitrogens with two attached hydrogens (primary N) is 1. The minimum absolute atomic E-state index is 0.171. The van der Waals surface area contributed by atoms with Gasteiger partial charge in [-0.3, -0.25) is 4.90 Å². The molecule has 4 heteroatoms. The Kier molecular flexibility index (Phi) is 5.22. The summed E-state index contributed by atoms with van der Waals surface area (Å²) in [5.74, 6) is 0. The normalized spacial score (nSPS) is 24.6. The van der Waals surface area contributed by atoms with Crippen molar-refractivity contribution in [3.05, 3.63) is 34.3 Å². The average Bonchev–Trinajstić information content (AvgIpc) is 2.40. The fraction of sp³-hybridized carbons (Fsp3) is 0.600. The van der Waals surface area contributed by atoms with Crippen molar-refractivity contribution in [1.82, 2.24) is 4.90 Å². The van der Waals surface area contributed by atoms with Crippen LogP contribution in [0.3, 0.4) is 0 Å². The third kappa shape index (κ3) is 3.48. The molecule has 2 atom stereocenters. The predicted octanol–water partition coefficient (Wildman–Crippen LogP) is 2.76. The van der Waals surface area contributed by atoms with E-state index in [2.05, 4.69) is 23.1 Å².